The summed E-state index contributed by atoms with van der Waals surface area (Å²) in [7, 11) is 0. The standard InChI is InChI=1S/C22H28O3.C2H6/c1-2-3-4-5-6-10-17-11-7-14-19(17)20-15-8-12-18(22(20)25)13-9-16-21(23)24;1-2/h1,6,8,10,12,15,17,19,25H,3-5,7,9,11,13-14,16H2,(H,23,24);1-2H3/b10-6+;/t17?,19-;/m0./s1. The lowest BCUT2D eigenvalue weighted by atomic mass is 9.86. The van der Waals surface area contributed by atoms with Gasteiger partial charge < -0.3 is 10.2 Å². The first kappa shape index (κ1) is 22.8. The number of allylic oxidation sites excluding steroid dienone is 2. The van der Waals surface area contributed by atoms with Crippen LogP contribution in [0.15, 0.2) is 30.4 Å². The fraction of sp³-hybridized carbons (Fsp3) is 0.542. The van der Waals surface area contributed by atoms with Crippen molar-refractivity contribution >= 4 is 5.97 Å². The maximum Gasteiger partial charge on any atom is 0.303 e. The first-order valence-corrected chi connectivity index (χ1v) is 10.3. The quantitative estimate of drug-likeness (QED) is 0.315. The van der Waals surface area contributed by atoms with Crippen LogP contribution in [0.4, 0.5) is 0 Å². The van der Waals surface area contributed by atoms with Crippen molar-refractivity contribution in [3.05, 3.63) is 41.5 Å². The van der Waals surface area contributed by atoms with Gasteiger partial charge in [0, 0.05) is 12.8 Å². The molecule has 1 saturated carbocycles. The molecular weight excluding hydrogens is 336 g/mol. The van der Waals surface area contributed by atoms with E-state index in [1.165, 1.54) is 6.42 Å². The number of rotatable bonds is 9. The van der Waals surface area contributed by atoms with Gasteiger partial charge in [-0.25, -0.2) is 0 Å². The second-order valence-electron chi connectivity index (χ2n) is 6.83. The molecule has 0 radical (unpaired) electrons. The molecule has 2 N–H and O–H groups in total. The zero-order chi connectivity index (χ0) is 20.1. The summed E-state index contributed by atoms with van der Waals surface area (Å²) in [4.78, 5) is 10.7. The van der Waals surface area contributed by atoms with Gasteiger partial charge in [-0.1, -0.05) is 50.6 Å². The van der Waals surface area contributed by atoms with Crippen molar-refractivity contribution in [2.45, 2.75) is 77.6 Å². The molecule has 2 rings (SSSR count). The number of aryl methyl sites for hydroxylation is 1. The summed E-state index contributed by atoms with van der Waals surface area (Å²) in [5.74, 6) is 3.05. The van der Waals surface area contributed by atoms with Crippen LogP contribution in [0.5, 0.6) is 5.75 Å². The highest BCUT2D eigenvalue weighted by molar-refractivity contribution is 5.66. The Labute approximate surface area is 164 Å². The Morgan fingerprint density at radius 2 is 2.07 bits per heavy atom. The number of benzene rings is 1. The van der Waals surface area contributed by atoms with E-state index in [4.69, 9.17) is 11.5 Å². The highest BCUT2D eigenvalue weighted by atomic mass is 16.4. The first-order valence-electron chi connectivity index (χ1n) is 10.3. The van der Waals surface area contributed by atoms with Crippen LogP contribution < -0.4 is 0 Å². The normalized spacial score (nSPS) is 18.7. The number of phenolic OH excluding ortho intramolecular Hbond substituents is 1. The number of hydrogen-bond donors (Lipinski definition) is 2. The fourth-order valence-corrected chi connectivity index (χ4v) is 3.74. The molecule has 0 bridgehead atoms. The zero-order valence-electron chi connectivity index (χ0n) is 16.8. The highest BCUT2D eigenvalue weighted by Crippen LogP contribution is 2.44. The summed E-state index contributed by atoms with van der Waals surface area (Å²) in [5.41, 5.74) is 1.88. The minimum atomic E-state index is -0.790. The van der Waals surface area contributed by atoms with Gasteiger partial charge in [0.15, 0.2) is 0 Å². The maximum atomic E-state index is 10.7. The third kappa shape index (κ3) is 7.51. The van der Waals surface area contributed by atoms with E-state index in [2.05, 4.69) is 18.1 Å². The van der Waals surface area contributed by atoms with Crippen LogP contribution in [0, 0.1) is 18.3 Å². The average molecular weight is 371 g/mol. The zero-order valence-corrected chi connectivity index (χ0v) is 16.8. The average Bonchev–Trinajstić information content (AvgIpc) is 3.12. The number of aliphatic carboxylic acids is 1. The fourth-order valence-electron chi connectivity index (χ4n) is 3.74. The SMILES string of the molecule is C#CCCC/C=C/C1CCC[C@@H]1c1cccc(CCCC(=O)O)c1O.CC. The van der Waals surface area contributed by atoms with Gasteiger partial charge in [-0.15, -0.1) is 12.3 Å². The number of carbonyl (C=O) groups is 1. The Balaban J connectivity index is 0.00000176. The first-order chi connectivity index (χ1) is 13.1. The lowest BCUT2D eigenvalue weighted by Gasteiger charge is -2.20. The van der Waals surface area contributed by atoms with E-state index in [1.54, 1.807) is 0 Å². The number of terminal acetylenes is 1. The minimum absolute atomic E-state index is 0.135. The number of unbranched alkanes of at least 4 members (excludes halogenated alkanes) is 2. The molecule has 1 fully saturated rings. The smallest absolute Gasteiger partial charge is 0.303 e. The molecular formula is C24H34O3. The topological polar surface area (TPSA) is 57.5 Å². The summed E-state index contributed by atoms with van der Waals surface area (Å²) < 4.78 is 0. The monoisotopic (exact) mass is 370 g/mol. The molecule has 3 heteroatoms. The molecule has 148 valence electrons. The second-order valence-corrected chi connectivity index (χ2v) is 6.83. The van der Waals surface area contributed by atoms with Crippen LogP contribution in [-0.2, 0) is 11.2 Å². The molecule has 0 spiro atoms. The Morgan fingerprint density at radius 1 is 1.30 bits per heavy atom. The van der Waals surface area contributed by atoms with E-state index in [0.717, 1.165) is 43.2 Å². The summed E-state index contributed by atoms with van der Waals surface area (Å²) in [5, 5.41) is 19.5. The van der Waals surface area contributed by atoms with Crippen LogP contribution in [0.1, 0.15) is 82.3 Å². The second kappa shape index (κ2) is 13.0. The van der Waals surface area contributed by atoms with Crippen molar-refractivity contribution < 1.29 is 15.0 Å². The van der Waals surface area contributed by atoms with E-state index in [0.29, 0.717) is 30.4 Å². The number of para-hydroxylation sites is 1. The molecule has 1 aliphatic carbocycles. The Morgan fingerprint density at radius 3 is 2.78 bits per heavy atom. The van der Waals surface area contributed by atoms with E-state index < -0.39 is 5.97 Å². The van der Waals surface area contributed by atoms with Gasteiger partial charge in [-0.2, -0.15) is 0 Å². The minimum Gasteiger partial charge on any atom is -0.507 e. The Hall–Kier alpha value is -2.21. The number of carboxylic acid groups (broad SMARTS) is 1. The molecule has 0 saturated heterocycles. The molecule has 3 nitrogen and oxygen atoms in total. The van der Waals surface area contributed by atoms with Gasteiger partial charge in [0.25, 0.3) is 0 Å². The van der Waals surface area contributed by atoms with E-state index in [-0.39, 0.29) is 6.42 Å². The summed E-state index contributed by atoms with van der Waals surface area (Å²) in [6.45, 7) is 4.00. The van der Waals surface area contributed by atoms with E-state index in [1.807, 2.05) is 32.0 Å². The molecule has 1 aromatic rings. The van der Waals surface area contributed by atoms with Gasteiger partial charge in [0.2, 0.25) is 0 Å². The van der Waals surface area contributed by atoms with Crippen LogP contribution in [-0.4, -0.2) is 16.2 Å². The molecule has 1 aromatic carbocycles. The Bertz CT molecular complexity index is 640. The van der Waals surface area contributed by atoms with Crippen molar-refractivity contribution in [3.8, 4) is 18.1 Å². The third-order valence-corrected chi connectivity index (χ3v) is 5.03. The van der Waals surface area contributed by atoms with Gasteiger partial charge in [-0.05, 0) is 61.5 Å². The number of aromatic hydroxyl groups is 1. The molecule has 0 heterocycles. The molecule has 0 amide bonds. The van der Waals surface area contributed by atoms with Crippen LogP contribution in [0.25, 0.3) is 0 Å². The number of phenols is 1. The molecule has 1 aliphatic rings. The summed E-state index contributed by atoms with van der Waals surface area (Å²) in [6, 6.07) is 5.91. The molecule has 0 aliphatic heterocycles. The lowest BCUT2D eigenvalue weighted by molar-refractivity contribution is -0.137. The van der Waals surface area contributed by atoms with Crippen molar-refractivity contribution in [1.29, 1.82) is 0 Å². The summed E-state index contributed by atoms with van der Waals surface area (Å²) >= 11 is 0. The Kier molecular flexibility index (Phi) is 11.0. The molecule has 1 unspecified atom stereocenters. The molecule has 27 heavy (non-hydrogen) atoms. The van der Waals surface area contributed by atoms with Gasteiger partial charge in [0.05, 0.1) is 0 Å². The maximum absolute atomic E-state index is 10.7. The van der Waals surface area contributed by atoms with Crippen molar-refractivity contribution in [1.82, 2.24) is 0 Å². The lowest BCUT2D eigenvalue weighted by Crippen LogP contribution is -2.05. The van der Waals surface area contributed by atoms with Gasteiger partial charge >= 0.3 is 5.97 Å². The van der Waals surface area contributed by atoms with Crippen LogP contribution >= 0.6 is 0 Å². The molecule has 0 aromatic heterocycles. The van der Waals surface area contributed by atoms with Crippen molar-refractivity contribution in [2.24, 2.45) is 5.92 Å². The van der Waals surface area contributed by atoms with Crippen molar-refractivity contribution in [3.63, 3.8) is 0 Å². The highest BCUT2D eigenvalue weighted by Gasteiger charge is 2.29. The van der Waals surface area contributed by atoms with E-state index >= 15 is 0 Å². The van der Waals surface area contributed by atoms with Crippen LogP contribution in [0.2, 0.25) is 0 Å². The van der Waals surface area contributed by atoms with Crippen molar-refractivity contribution in [2.75, 3.05) is 0 Å². The third-order valence-electron chi connectivity index (χ3n) is 5.03. The predicted octanol–water partition coefficient (Wildman–Crippen LogP) is 6.07. The van der Waals surface area contributed by atoms with Gasteiger partial charge in [-0.3, -0.25) is 4.79 Å². The predicted molar refractivity (Wildman–Crippen MR) is 112 cm³/mol. The molecule has 2 atom stereocenters. The number of hydrogen-bond acceptors (Lipinski definition) is 2. The van der Waals surface area contributed by atoms with E-state index in [9.17, 15) is 9.90 Å². The van der Waals surface area contributed by atoms with Crippen LogP contribution in [0.3, 0.4) is 0 Å². The van der Waals surface area contributed by atoms with Gasteiger partial charge in [0.1, 0.15) is 5.75 Å². The summed E-state index contributed by atoms with van der Waals surface area (Å²) in [6.07, 6.45) is 17.4. The largest absolute Gasteiger partial charge is 0.507 e. The number of carboxylic acids is 1.